The summed E-state index contributed by atoms with van der Waals surface area (Å²) in [5.74, 6) is -0.563. The van der Waals surface area contributed by atoms with E-state index in [9.17, 15) is 23.6 Å². The zero-order valence-corrected chi connectivity index (χ0v) is 19.3. The van der Waals surface area contributed by atoms with E-state index in [4.69, 9.17) is 4.74 Å². The predicted octanol–water partition coefficient (Wildman–Crippen LogP) is 1.92. The molecule has 1 fully saturated rings. The fourth-order valence-electron chi connectivity index (χ4n) is 3.67. The maximum atomic E-state index is 13.4. The highest BCUT2D eigenvalue weighted by Crippen LogP contribution is 2.20. The highest BCUT2D eigenvalue weighted by atomic mass is 32.1. The van der Waals surface area contributed by atoms with E-state index in [1.54, 1.807) is 18.2 Å². The number of hydrogen-bond acceptors (Lipinski definition) is 6. The van der Waals surface area contributed by atoms with Crippen LogP contribution in [0.4, 0.5) is 8.78 Å². The van der Waals surface area contributed by atoms with Crippen molar-refractivity contribution >= 4 is 28.9 Å². The van der Waals surface area contributed by atoms with Gasteiger partial charge < -0.3 is 14.4 Å². The topological polar surface area (TPSA) is 84.6 Å². The van der Waals surface area contributed by atoms with Gasteiger partial charge in [-0.05, 0) is 17.7 Å². The normalized spacial score (nSPS) is 15.1. The fraction of sp³-hybridized carbons (Fsp3) is 0.240. The molecule has 180 valence electrons. The molecule has 4 rings (SSSR count). The molecule has 35 heavy (non-hydrogen) atoms. The number of carbonyl (C=O) groups excluding carboxylic acids is 1. The van der Waals surface area contributed by atoms with Gasteiger partial charge in [0.05, 0.1) is 24.3 Å². The quantitative estimate of drug-likeness (QED) is 0.520. The van der Waals surface area contributed by atoms with E-state index in [1.165, 1.54) is 21.6 Å². The van der Waals surface area contributed by atoms with Gasteiger partial charge in [-0.3, -0.25) is 14.2 Å². The molecule has 0 saturated carbocycles. The summed E-state index contributed by atoms with van der Waals surface area (Å²) in [4.78, 5) is 28.1. The predicted molar refractivity (Wildman–Crippen MR) is 126 cm³/mol. The summed E-state index contributed by atoms with van der Waals surface area (Å²) in [6.07, 6.45) is 1.43. The molecule has 10 heteroatoms. The molecule has 1 aliphatic heterocycles. The molecule has 0 bridgehead atoms. The fourth-order valence-corrected chi connectivity index (χ4v) is 4.76. The van der Waals surface area contributed by atoms with E-state index in [2.05, 4.69) is 4.74 Å². The van der Waals surface area contributed by atoms with Gasteiger partial charge >= 0.3 is 6.61 Å². The highest BCUT2D eigenvalue weighted by molar-refractivity contribution is 7.07. The molecule has 0 spiro atoms. The third kappa shape index (κ3) is 5.65. The lowest BCUT2D eigenvalue weighted by Gasteiger charge is -2.26. The second kappa shape index (κ2) is 11.1. The average molecular weight is 498 g/mol. The molecule has 3 aromatic rings. The van der Waals surface area contributed by atoms with Crippen LogP contribution in [0.15, 0.2) is 59.4 Å². The number of alkyl halides is 2. The van der Waals surface area contributed by atoms with Crippen LogP contribution in [0.3, 0.4) is 0 Å². The molecular weight excluding hydrogens is 476 g/mol. The van der Waals surface area contributed by atoms with Crippen LogP contribution in [0.25, 0.3) is 11.6 Å². The smallest absolute Gasteiger partial charge is 0.387 e. The lowest BCUT2D eigenvalue weighted by molar-refractivity contribution is -0.128. The third-order valence-electron chi connectivity index (χ3n) is 5.35. The first-order chi connectivity index (χ1) is 17.0. The molecule has 1 saturated heterocycles. The van der Waals surface area contributed by atoms with Gasteiger partial charge in [0.1, 0.15) is 16.5 Å². The minimum Gasteiger partial charge on any atom is -0.434 e. The van der Waals surface area contributed by atoms with Gasteiger partial charge in [-0.2, -0.15) is 14.0 Å². The van der Waals surface area contributed by atoms with Crippen molar-refractivity contribution in [3.63, 3.8) is 0 Å². The Morgan fingerprint density at radius 3 is 2.51 bits per heavy atom. The highest BCUT2D eigenvalue weighted by Gasteiger charge is 2.23. The monoisotopic (exact) mass is 497 g/mol. The largest absolute Gasteiger partial charge is 0.434 e. The average Bonchev–Trinajstić information content (AvgIpc) is 3.16. The minimum atomic E-state index is -3.03. The number of para-hydroxylation sites is 1. The number of nitrogens with zero attached hydrogens (tertiary/aromatic N) is 3. The molecule has 1 aromatic heterocycles. The van der Waals surface area contributed by atoms with E-state index in [0.717, 1.165) is 16.9 Å². The molecule has 1 amide bonds. The summed E-state index contributed by atoms with van der Waals surface area (Å²) in [7, 11) is 0. The molecule has 2 aromatic carbocycles. The van der Waals surface area contributed by atoms with Crippen LogP contribution in [0, 0.1) is 11.3 Å². The van der Waals surface area contributed by atoms with E-state index in [0.29, 0.717) is 26.3 Å². The van der Waals surface area contributed by atoms with Crippen molar-refractivity contribution in [2.45, 2.75) is 13.2 Å². The maximum Gasteiger partial charge on any atom is 0.387 e. The van der Waals surface area contributed by atoms with Crippen LogP contribution in [0.1, 0.15) is 11.1 Å². The first-order valence-corrected chi connectivity index (χ1v) is 11.6. The molecular formula is C25H21F2N3O4S. The number of thiazole rings is 1. The molecule has 0 radical (unpaired) electrons. The minimum absolute atomic E-state index is 0.0830. The Morgan fingerprint density at radius 2 is 1.83 bits per heavy atom. The number of ether oxygens (including phenoxy) is 2. The SMILES string of the molecule is N#C/C(C(=O)N1CCOCC1)=c1\s/c(=C/c2ccccc2OC(F)F)c(=O)n1Cc1ccccc1. The van der Waals surface area contributed by atoms with Crippen molar-refractivity contribution in [2.24, 2.45) is 0 Å². The van der Waals surface area contributed by atoms with Gasteiger partial charge in [-0.1, -0.05) is 48.5 Å². The van der Waals surface area contributed by atoms with Gasteiger partial charge in [0.25, 0.3) is 11.5 Å². The van der Waals surface area contributed by atoms with Gasteiger partial charge in [0, 0.05) is 18.7 Å². The van der Waals surface area contributed by atoms with E-state index >= 15 is 0 Å². The summed E-state index contributed by atoms with van der Waals surface area (Å²) in [6.45, 7) is -1.47. The Bertz CT molecular complexity index is 1420. The first kappa shape index (κ1) is 24.3. The van der Waals surface area contributed by atoms with Crippen molar-refractivity contribution in [3.8, 4) is 11.8 Å². The number of nitriles is 1. The molecule has 0 N–H and O–H groups in total. The summed E-state index contributed by atoms with van der Waals surface area (Å²) in [6, 6.07) is 17.2. The van der Waals surface area contributed by atoms with Crippen molar-refractivity contribution in [1.82, 2.24) is 9.47 Å². The van der Waals surface area contributed by atoms with Crippen molar-refractivity contribution in [3.05, 3.63) is 85.3 Å². The molecule has 0 aliphatic carbocycles. The standard InChI is InChI=1S/C25H21F2N3O4S/c26-25(27)34-20-9-5-4-8-18(20)14-21-23(32)30(16-17-6-2-1-3-7-17)24(35-21)19(15-28)22(31)29-10-12-33-13-11-29/h1-9,14,25H,10-13,16H2/b21-14+,24-19+. The van der Waals surface area contributed by atoms with Crippen LogP contribution in [-0.2, 0) is 16.1 Å². The lowest BCUT2D eigenvalue weighted by atomic mass is 10.2. The zero-order chi connectivity index (χ0) is 24.8. The second-order valence-corrected chi connectivity index (χ2v) is 8.63. The molecule has 2 heterocycles. The third-order valence-corrected chi connectivity index (χ3v) is 6.48. The zero-order valence-electron chi connectivity index (χ0n) is 18.5. The van der Waals surface area contributed by atoms with Crippen LogP contribution >= 0.6 is 11.3 Å². The number of rotatable bonds is 6. The summed E-state index contributed by atoms with van der Waals surface area (Å²) in [5, 5.41) is 9.92. The van der Waals surface area contributed by atoms with Gasteiger partial charge in [-0.15, -0.1) is 11.3 Å². The van der Waals surface area contributed by atoms with Crippen LogP contribution in [-0.4, -0.2) is 48.3 Å². The number of morpholine rings is 1. The Labute approximate surface area is 203 Å². The number of hydrogen-bond donors (Lipinski definition) is 0. The number of amides is 1. The van der Waals surface area contributed by atoms with Gasteiger partial charge in [0.15, 0.2) is 5.57 Å². The number of halogens is 2. The number of benzene rings is 2. The molecule has 7 nitrogen and oxygen atoms in total. The second-order valence-electron chi connectivity index (χ2n) is 7.60. The molecule has 0 atom stereocenters. The van der Waals surface area contributed by atoms with E-state index < -0.39 is 18.1 Å². The Kier molecular flexibility index (Phi) is 7.70. The Balaban J connectivity index is 1.91. The summed E-state index contributed by atoms with van der Waals surface area (Å²) < 4.78 is 37.3. The van der Waals surface area contributed by atoms with Crippen molar-refractivity contribution in [1.29, 1.82) is 5.26 Å². The van der Waals surface area contributed by atoms with Crippen LogP contribution < -0.4 is 19.5 Å². The van der Waals surface area contributed by atoms with E-state index in [1.807, 2.05) is 36.4 Å². The Hall–Kier alpha value is -3.81. The van der Waals surface area contributed by atoms with Crippen molar-refractivity contribution in [2.75, 3.05) is 26.3 Å². The Morgan fingerprint density at radius 1 is 1.14 bits per heavy atom. The lowest BCUT2D eigenvalue weighted by Crippen LogP contribution is -2.43. The molecule has 0 unspecified atom stereocenters. The van der Waals surface area contributed by atoms with Gasteiger partial charge in [-0.25, -0.2) is 0 Å². The number of carbonyl (C=O) groups is 1. The maximum absolute atomic E-state index is 13.4. The molecule has 1 aliphatic rings. The summed E-state index contributed by atoms with van der Waals surface area (Å²) >= 11 is 0.966. The number of aromatic nitrogens is 1. The van der Waals surface area contributed by atoms with Crippen molar-refractivity contribution < 1.29 is 23.0 Å². The van der Waals surface area contributed by atoms with Gasteiger partial charge in [0.2, 0.25) is 0 Å². The first-order valence-electron chi connectivity index (χ1n) is 10.8. The summed E-state index contributed by atoms with van der Waals surface area (Å²) in [5.41, 5.74) is 0.491. The van der Waals surface area contributed by atoms with E-state index in [-0.39, 0.29) is 32.6 Å². The van der Waals surface area contributed by atoms with Crippen LogP contribution in [0.5, 0.6) is 5.75 Å². The van der Waals surface area contributed by atoms with Crippen LogP contribution in [0.2, 0.25) is 0 Å².